The summed E-state index contributed by atoms with van der Waals surface area (Å²) in [5, 5.41) is 0.585. The highest BCUT2D eigenvalue weighted by Crippen LogP contribution is 2.24. The van der Waals surface area contributed by atoms with E-state index in [4.69, 9.17) is 0 Å². The Morgan fingerprint density at radius 1 is 1.10 bits per heavy atom. The molecule has 0 aliphatic heterocycles. The van der Waals surface area contributed by atoms with Crippen molar-refractivity contribution in [1.82, 2.24) is 19.5 Å². The lowest BCUT2D eigenvalue weighted by molar-refractivity contribution is 0.423. The van der Waals surface area contributed by atoms with E-state index in [0.29, 0.717) is 10.9 Å². The Morgan fingerprint density at radius 2 is 1.90 bits per heavy atom. The predicted molar refractivity (Wildman–Crippen MR) is 81.0 cm³/mol. The van der Waals surface area contributed by atoms with Crippen molar-refractivity contribution >= 4 is 10.9 Å². The van der Waals surface area contributed by atoms with Gasteiger partial charge in [0.25, 0.3) is 5.56 Å². The zero-order chi connectivity index (χ0) is 14.8. The van der Waals surface area contributed by atoms with Gasteiger partial charge in [-0.3, -0.25) is 19.3 Å². The van der Waals surface area contributed by atoms with Crippen LogP contribution in [0.1, 0.15) is 25.5 Å². The van der Waals surface area contributed by atoms with E-state index in [-0.39, 0.29) is 17.5 Å². The molecular formula is C16H16N4O. The summed E-state index contributed by atoms with van der Waals surface area (Å²) in [7, 11) is 0. The molecule has 3 aromatic rings. The summed E-state index contributed by atoms with van der Waals surface area (Å²) >= 11 is 0. The first-order chi connectivity index (χ1) is 10.2. The van der Waals surface area contributed by atoms with Crippen LogP contribution in [0.4, 0.5) is 0 Å². The SMILES string of the molecule is CC(C)C(c1cccnc1)n1cnc2cnccc2c1=O. The third-order valence-electron chi connectivity index (χ3n) is 3.54. The van der Waals surface area contributed by atoms with Crippen molar-refractivity contribution in [2.45, 2.75) is 19.9 Å². The number of hydrogen-bond donors (Lipinski definition) is 0. The summed E-state index contributed by atoms with van der Waals surface area (Å²) in [6, 6.07) is 5.49. The highest BCUT2D eigenvalue weighted by Gasteiger charge is 2.20. The lowest BCUT2D eigenvalue weighted by Crippen LogP contribution is -2.29. The van der Waals surface area contributed by atoms with Gasteiger partial charge in [0.15, 0.2) is 0 Å². The molecule has 0 radical (unpaired) electrons. The fourth-order valence-electron chi connectivity index (χ4n) is 2.60. The third-order valence-corrected chi connectivity index (χ3v) is 3.54. The van der Waals surface area contributed by atoms with Crippen molar-refractivity contribution in [3.63, 3.8) is 0 Å². The lowest BCUT2D eigenvalue weighted by atomic mass is 9.97. The molecule has 1 atom stereocenters. The minimum absolute atomic E-state index is 0.0510. The van der Waals surface area contributed by atoms with Crippen LogP contribution in [0.15, 0.2) is 54.1 Å². The monoisotopic (exact) mass is 280 g/mol. The molecule has 0 saturated heterocycles. The van der Waals surface area contributed by atoms with Gasteiger partial charge < -0.3 is 0 Å². The van der Waals surface area contributed by atoms with Crippen molar-refractivity contribution in [2.24, 2.45) is 5.92 Å². The molecule has 106 valence electrons. The van der Waals surface area contributed by atoms with Crippen molar-refractivity contribution in [3.05, 3.63) is 65.2 Å². The van der Waals surface area contributed by atoms with Gasteiger partial charge in [0.2, 0.25) is 0 Å². The maximum absolute atomic E-state index is 12.7. The van der Waals surface area contributed by atoms with Crippen molar-refractivity contribution in [1.29, 1.82) is 0 Å². The zero-order valence-corrected chi connectivity index (χ0v) is 12.0. The average molecular weight is 280 g/mol. The molecule has 21 heavy (non-hydrogen) atoms. The Balaban J connectivity index is 2.21. The van der Waals surface area contributed by atoms with Gasteiger partial charge >= 0.3 is 0 Å². The number of pyridine rings is 2. The highest BCUT2D eigenvalue weighted by molar-refractivity contribution is 5.75. The normalized spacial score (nSPS) is 12.7. The fourth-order valence-corrected chi connectivity index (χ4v) is 2.60. The molecule has 0 aliphatic rings. The van der Waals surface area contributed by atoms with Crippen molar-refractivity contribution in [3.8, 4) is 0 Å². The van der Waals surface area contributed by atoms with Crippen LogP contribution in [0, 0.1) is 5.92 Å². The minimum atomic E-state index is -0.0868. The smallest absolute Gasteiger partial charge is 0.261 e. The number of aromatic nitrogens is 4. The Morgan fingerprint density at radius 3 is 2.62 bits per heavy atom. The molecular weight excluding hydrogens is 264 g/mol. The van der Waals surface area contributed by atoms with E-state index in [9.17, 15) is 4.79 Å². The molecule has 0 spiro atoms. The average Bonchev–Trinajstić information content (AvgIpc) is 2.51. The molecule has 1 unspecified atom stereocenters. The van der Waals surface area contributed by atoms with Crippen LogP contribution in [0.25, 0.3) is 10.9 Å². The molecule has 0 N–H and O–H groups in total. The van der Waals surface area contributed by atoms with Gasteiger partial charge in [0.1, 0.15) is 0 Å². The van der Waals surface area contributed by atoms with Gasteiger partial charge in [-0.25, -0.2) is 4.98 Å². The molecule has 3 rings (SSSR count). The van der Waals surface area contributed by atoms with E-state index in [0.717, 1.165) is 5.56 Å². The molecule has 0 aromatic carbocycles. The van der Waals surface area contributed by atoms with Crippen LogP contribution in [0.2, 0.25) is 0 Å². The van der Waals surface area contributed by atoms with E-state index >= 15 is 0 Å². The van der Waals surface area contributed by atoms with Gasteiger partial charge in [0.05, 0.1) is 29.5 Å². The van der Waals surface area contributed by atoms with Crippen LogP contribution in [0.5, 0.6) is 0 Å². The van der Waals surface area contributed by atoms with Gasteiger partial charge in [0, 0.05) is 18.6 Å². The molecule has 5 heteroatoms. The molecule has 0 aliphatic carbocycles. The van der Waals surface area contributed by atoms with Crippen LogP contribution < -0.4 is 5.56 Å². The van der Waals surface area contributed by atoms with Crippen molar-refractivity contribution in [2.75, 3.05) is 0 Å². The Bertz CT molecular complexity index is 811. The molecule has 3 heterocycles. The minimum Gasteiger partial charge on any atom is -0.291 e. The Labute approximate surface area is 122 Å². The summed E-state index contributed by atoms with van der Waals surface area (Å²) in [4.78, 5) is 25.2. The van der Waals surface area contributed by atoms with Gasteiger partial charge in [-0.15, -0.1) is 0 Å². The van der Waals surface area contributed by atoms with Crippen LogP contribution in [0.3, 0.4) is 0 Å². The summed E-state index contributed by atoms with van der Waals surface area (Å²) in [5.41, 5.74) is 1.57. The van der Waals surface area contributed by atoms with Gasteiger partial charge in [-0.1, -0.05) is 19.9 Å². The summed E-state index contributed by atoms with van der Waals surface area (Å²) < 4.78 is 1.68. The maximum Gasteiger partial charge on any atom is 0.261 e. The summed E-state index contributed by atoms with van der Waals surface area (Å²) in [5.74, 6) is 0.244. The first-order valence-electron chi connectivity index (χ1n) is 6.89. The second-order valence-corrected chi connectivity index (χ2v) is 5.33. The second kappa shape index (κ2) is 5.44. The molecule has 5 nitrogen and oxygen atoms in total. The van der Waals surface area contributed by atoms with E-state index in [2.05, 4.69) is 28.8 Å². The molecule has 0 saturated carbocycles. The summed E-state index contributed by atoms with van der Waals surface area (Å²) in [6.45, 7) is 4.17. The zero-order valence-electron chi connectivity index (χ0n) is 12.0. The van der Waals surface area contributed by atoms with Gasteiger partial charge in [-0.05, 0) is 23.6 Å². The highest BCUT2D eigenvalue weighted by atomic mass is 16.1. The predicted octanol–water partition coefficient (Wildman–Crippen LogP) is 2.43. The fraction of sp³-hybridized carbons (Fsp3) is 0.250. The van der Waals surface area contributed by atoms with Gasteiger partial charge in [-0.2, -0.15) is 0 Å². The molecule has 3 aromatic heterocycles. The van der Waals surface area contributed by atoms with E-state index in [1.165, 1.54) is 0 Å². The van der Waals surface area contributed by atoms with E-state index < -0.39 is 0 Å². The first kappa shape index (κ1) is 13.4. The first-order valence-corrected chi connectivity index (χ1v) is 6.89. The number of fused-ring (bicyclic) bond motifs is 1. The van der Waals surface area contributed by atoms with E-state index in [1.807, 2.05) is 12.1 Å². The van der Waals surface area contributed by atoms with E-state index in [1.54, 1.807) is 41.7 Å². The van der Waals surface area contributed by atoms with Crippen LogP contribution >= 0.6 is 0 Å². The second-order valence-electron chi connectivity index (χ2n) is 5.33. The molecule has 0 fully saturated rings. The Kier molecular flexibility index (Phi) is 3.48. The number of nitrogens with zero attached hydrogens (tertiary/aromatic N) is 4. The third kappa shape index (κ3) is 2.42. The standard InChI is InChI=1S/C16H16N4O/c1-11(2)15(12-4-3-6-17-8-12)20-10-19-14-9-18-7-5-13(14)16(20)21/h3-11,15H,1-2H3. The maximum atomic E-state index is 12.7. The molecule has 0 amide bonds. The topological polar surface area (TPSA) is 60.7 Å². The molecule has 0 bridgehead atoms. The quantitative estimate of drug-likeness (QED) is 0.739. The summed E-state index contributed by atoms with van der Waals surface area (Å²) in [6.07, 6.45) is 8.35. The van der Waals surface area contributed by atoms with Crippen molar-refractivity contribution < 1.29 is 0 Å². The Hall–Kier alpha value is -2.56. The van der Waals surface area contributed by atoms with Crippen LogP contribution in [-0.2, 0) is 0 Å². The number of hydrogen-bond acceptors (Lipinski definition) is 4. The van der Waals surface area contributed by atoms with Crippen LogP contribution in [-0.4, -0.2) is 19.5 Å². The largest absolute Gasteiger partial charge is 0.291 e. The number of rotatable bonds is 3. The lowest BCUT2D eigenvalue weighted by Gasteiger charge is -2.23.